The SMILES string of the molecule is O=C(O)c1c(-c2ccccc2)n(-c2c(Cl)cc(Cl)cc2Cl)ncc1=O. The van der Waals surface area contributed by atoms with E-state index >= 15 is 0 Å². The molecule has 25 heavy (non-hydrogen) atoms. The lowest BCUT2D eigenvalue weighted by molar-refractivity contribution is 0.0695. The quantitative estimate of drug-likeness (QED) is 0.706. The third kappa shape index (κ3) is 3.26. The van der Waals surface area contributed by atoms with E-state index in [1.165, 1.54) is 16.8 Å². The smallest absolute Gasteiger partial charge is 0.342 e. The Labute approximate surface area is 157 Å². The van der Waals surface area contributed by atoms with Crippen molar-refractivity contribution in [2.24, 2.45) is 0 Å². The molecule has 0 saturated carbocycles. The molecule has 0 bridgehead atoms. The van der Waals surface area contributed by atoms with Crippen LogP contribution in [0.4, 0.5) is 0 Å². The van der Waals surface area contributed by atoms with Crippen molar-refractivity contribution in [1.29, 1.82) is 0 Å². The van der Waals surface area contributed by atoms with E-state index in [-0.39, 0.29) is 21.4 Å². The maximum absolute atomic E-state index is 12.1. The molecule has 126 valence electrons. The largest absolute Gasteiger partial charge is 0.477 e. The van der Waals surface area contributed by atoms with Crippen LogP contribution >= 0.6 is 34.8 Å². The lowest BCUT2D eigenvalue weighted by Crippen LogP contribution is -2.22. The third-order valence-electron chi connectivity index (χ3n) is 3.44. The molecule has 0 aliphatic rings. The number of carboxylic acids is 1. The van der Waals surface area contributed by atoms with Gasteiger partial charge in [-0.3, -0.25) is 4.79 Å². The molecule has 0 saturated heterocycles. The maximum Gasteiger partial charge on any atom is 0.342 e. The van der Waals surface area contributed by atoms with Gasteiger partial charge in [0.1, 0.15) is 11.3 Å². The topological polar surface area (TPSA) is 72.2 Å². The molecule has 3 rings (SSSR count). The van der Waals surface area contributed by atoms with Gasteiger partial charge in [0, 0.05) is 10.6 Å². The van der Waals surface area contributed by atoms with Crippen LogP contribution in [0.2, 0.25) is 15.1 Å². The van der Waals surface area contributed by atoms with Crippen LogP contribution in [0.15, 0.2) is 53.5 Å². The predicted molar refractivity (Wildman–Crippen MR) is 97.3 cm³/mol. The van der Waals surface area contributed by atoms with Crippen LogP contribution in [0.3, 0.4) is 0 Å². The average molecular weight is 396 g/mol. The highest BCUT2D eigenvalue weighted by Crippen LogP contribution is 2.34. The molecule has 2 aromatic carbocycles. The standard InChI is InChI=1S/C17H9Cl3N2O3/c18-10-6-11(19)16(12(20)7-10)22-15(9-4-2-1-3-5-9)14(17(24)25)13(23)8-21-22/h1-8H,(H,24,25). The minimum Gasteiger partial charge on any atom is -0.477 e. The lowest BCUT2D eigenvalue weighted by Gasteiger charge is -2.17. The van der Waals surface area contributed by atoms with Crippen molar-refractivity contribution in [3.63, 3.8) is 0 Å². The third-order valence-corrected chi connectivity index (χ3v) is 4.23. The monoisotopic (exact) mass is 394 g/mol. The van der Waals surface area contributed by atoms with Gasteiger partial charge in [0.25, 0.3) is 0 Å². The Balaban J connectivity index is 2.46. The first-order valence-corrected chi connectivity index (χ1v) is 8.09. The number of carbonyl (C=O) groups is 1. The Bertz CT molecular complexity index is 1010. The highest BCUT2D eigenvalue weighted by molar-refractivity contribution is 6.40. The van der Waals surface area contributed by atoms with Crippen LogP contribution in [0.5, 0.6) is 0 Å². The molecule has 1 heterocycles. The number of rotatable bonds is 3. The van der Waals surface area contributed by atoms with E-state index in [1.807, 2.05) is 0 Å². The van der Waals surface area contributed by atoms with Gasteiger partial charge in [0.15, 0.2) is 0 Å². The highest BCUT2D eigenvalue weighted by atomic mass is 35.5. The molecule has 0 spiro atoms. The van der Waals surface area contributed by atoms with Gasteiger partial charge in [-0.25, -0.2) is 9.48 Å². The number of hydrogen-bond donors (Lipinski definition) is 1. The molecule has 0 amide bonds. The van der Waals surface area contributed by atoms with Crippen LogP contribution in [0.1, 0.15) is 10.4 Å². The van der Waals surface area contributed by atoms with Crippen LogP contribution in [-0.2, 0) is 0 Å². The van der Waals surface area contributed by atoms with E-state index in [2.05, 4.69) is 5.10 Å². The zero-order valence-electron chi connectivity index (χ0n) is 12.4. The molecule has 0 radical (unpaired) electrons. The lowest BCUT2D eigenvalue weighted by atomic mass is 10.1. The molecule has 0 unspecified atom stereocenters. The van der Waals surface area contributed by atoms with E-state index in [0.717, 1.165) is 6.20 Å². The van der Waals surface area contributed by atoms with Gasteiger partial charge >= 0.3 is 5.97 Å². The summed E-state index contributed by atoms with van der Waals surface area (Å²) in [5, 5.41) is 14.2. The van der Waals surface area contributed by atoms with Crippen molar-refractivity contribution in [2.45, 2.75) is 0 Å². The van der Waals surface area contributed by atoms with E-state index in [1.54, 1.807) is 30.3 Å². The first-order valence-electron chi connectivity index (χ1n) is 6.96. The van der Waals surface area contributed by atoms with Crippen molar-refractivity contribution in [3.8, 4) is 16.9 Å². The van der Waals surface area contributed by atoms with Crippen molar-refractivity contribution in [3.05, 3.63) is 79.5 Å². The second-order valence-corrected chi connectivity index (χ2v) is 6.28. The second-order valence-electron chi connectivity index (χ2n) is 5.03. The number of aromatic carboxylic acids is 1. The van der Waals surface area contributed by atoms with Gasteiger partial charge in [-0.05, 0) is 12.1 Å². The van der Waals surface area contributed by atoms with Crippen LogP contribution in [0, 0.1) is 0 Å². The molecule has 0 aliphatic heterocycles. The Morgan fingerprint density at radius 3 is 2.20 bits per heavy atom. The van der Waals surface area contributed by atoms with Gasteiger partial charge in [0.05, 0.1) is 21.9 Å². The maximum atomic E-state index is 12.1. The molecule has 1 aromatic heterocycles. The molecular weight excluding hydrogens is 387 g/mol. The Morgan fingerprint density at radius 2 is 1.64 bits per heavy atom. The van der Waals surface area contributed by atoms with Crippen molar-refractivity contribution < 1.29 is 9.90 Å². The minimum absolute atomic E-state index is 0.0757. The van der Waals surface area contributed by atoms with Gasteiger partial charge in [-0.2, -0.15) is 5.10 Å². The Kier molecular flexibility index (Phi) is 4.81. The highest BCUT2D eigenvalue weighted by Gasteiger charge is 2.23. The van der Waals surface area contributed by atoms with Crippen molar-refractivity contribution in [2.75, 3.05) is 0 Å². The fraction of sp³-hybridized carbons (Fsp3) is 0. The summed E-state index contributed by atoms with van der Waals surface area (Å²) in [6, 6.07) is 11.4. The molecule has 1 N–H and O–H groups in total. The summed E-state index contributed by atoms with van der Waals surface area (Å²) < 4.78 is 1.24. The summed E-state index contributed by atoms with van der Waals surface area (Å²) >= 11 is 18.4. The normalized spacial score (nSPS) is 10.7. The first kappa shape index (κ1) is 17.5. The molecule has 5 nitrogen and oxygen atoms in total. The molecule has 0 fully saturated rings. The number of halogens is 3. The summed E-state index contributed by atoms with van der Waals surface area (Å²) in [6.07, 6.45) is 0.914. The summed E-state index contributed by atoms with van der Waals surface area (Å²) in [4.78, 5) is 23.8. The summed E-state index contributed by atoms with van der Waals surface area (Å²) in [5.74, 6) is -1.37. The second kappa shape index (κ2) is 6.88. The van der Waals surface area contributed by atoms with Gasteiger partial charge in [-0.1, -0.05) is 65.1 Å². The first-order chi connectivity index (χ1) is 11.9. The molecule has 0 atom stereocenters. The molecule has 8 heteroatoms. The fourth-order valence-corrected chi connectivity index (χ4v) is 3.41. The average Bonchev–Trinajstić information content (AvgIpc) is 2.55. The fourth-order valence-electron chi connectivity index (χ4n) is 2.43. The van der Waals surface area contributed by atoms with Crippen LogP contribution in [-0.4, -0.2) is 20.9 Å². The predicted octanol–water partition coefficient (Wildman–Crippen LogP) is 4.56. The van der Waals surface area contributed by atoms with Crippen molar-refractivity contribution in [1.82, 2.24) is 9.78 Å². The number of hydrogen-bond acceptors (Lipinski definition) is 3. The van der Waals surface area contributed by atoms with Gasteiger partial charge in [-0.15, -0.1) is 0 Å². The zero-order chi connectivity index (χ0) is 18.1. The van der Waals surface area contributed by atoms with Crippen molar-refractivity contribution >= 4 is 40.8 Å². The molecule has 3 aromatic rings. The summed E-state index contributed by atoms with van der Waals surface area (Å²) in [6.45, 7) is 0. The Morgan fingerprint density at radius 1 is 1.04 bits per heavy atom. The number of nitrogens with zero attached hydrogens (tertiary/aromatic N) is 2. The van der Waals surface area contributed by atoms with Gasteiger partial charge < -0.3 is 5.11 Å². The van der Waals surface area contributed by atoms with E-state index < -0.39 is 17.0 Å². The van der Waals surface area contributed by atoms with E-state index in [0.29, 0.717) is 10.6 Å². The van der Waals surface area contributed by atoms with E-state index in [4.69, 9.17) is 34.8 Å². The zero-order valence-corrected chi connectivity index (χ0v) is 14.7. The number of aromatic nitrogens is 2. The summed E-state index contributed by atoms with van der Waals surface area (Å²) in [5.41, 5.74) is -0.361. The molecular formula is C17H9Cl3N2O3. The number of benzene rings is 2. The van der Waals surface area contributed by atoms with Crippen LogP contribution < -0.4 is 5.43 Å². The van der Waals surface area contributed by atoms with Crippen LogP contribution in [0.25, 0.3) is 16.9 Å². The summed E-state index contributed by atoms with van der Waals surface area (Å²) in [7, 11) is 0. The van der Waals surface area contributed by atoms with E-state index in [9.17, 15) is 14.7 Å². The minimum atomic E-state index is -1.37. The molecule has 0 aliphatic carbocycles. The van der Waals surface area contributed by atoms with Gasteiger partial charge in [0.2, 0.25) is 5.43 Å². The number of carboxylic acid groups (broad SMARTS) is 1. The Hall–Kier alpha value is -2.34.